The van der Waals surface area contributed by atoms with Gasteiger partial charge in [-0.2, -0.15) is 8.42 Å². The van der Waals surface area contributed by atoms with Gasteiger partial charge in [0.05, 0.1) is 0 Å². The number of rotatable bonds is 3. The molecule has 0 aliphatic heterocycles. The Morgan fingerprint density at radius 1 is 1.64 bits per heavy atom. The minimum atomic E-state index is -4.29. The van der Waals surface area contributed by atoms with Crippen LogP contribution in [0.15, 0.2) is 17.5 Å². The first-order chi connectivity index (χ1) is 5.08. The summed E-state index contributed by atoms with van der Waals surface area (Å²) >= 11 is 1.36. The molecule has 0 atom stereocenters. The van der Waals surface area contributed by atoms with Crippen molar-refractivity contribution in [1.82, 2.24) is 0 Å². The second kappa shape index (κ2) is 3.31. The number of thiophene rings is 1. The molecule has 1 aromatic heterocycles. The molecule has 0 unspecified atom stereocenters. The fourth-order valence-electron chi connectivity index (χ4n) is 0.527. The summed E-state index contributed by atoms with van der Waals surface area (Å²) in [7, 11) is -4.29. The maximum Gasteiger partial charge on any atom is 0.397 e. The zero-order chi connectivity index (χ0) is 8.32. The van der Waals surface area contributed by atoms with Gasteiger partial charge in [0.15, 0.2) is 0 Å². The van der Waals surface area contributed by atoms with E-state index in [-0.39, 0.29) is 6.61 Å². The third-order valence-corrected chi connectivity index (χ3v) is 2.20. The molecule has 0 aliphatic rings. The minimum absolute atomic E-state index is 0.101. The van der Waals surface area contributed by atoms with Crippen LogP contribution in [-0.4, -0.2) is 13.0 Å². The van der Waals surface area contributed by atoms with Crippen LogP contribution in [0.4, 0.5) is 0 Å². The Labute approximate surface area is 68.4 Å². The number of hydrogen-bond donors (Lipinski definition) is 1. The Morgan fingerprint density at radius 3 is 2.82 bits per heavy atom. The van der Waals surface area contributed by atoms with Crippen LogP contribution >= 0.6 is 11.3 Å². The molecule has 0 amide bonds. The maximum absolute atomic E-state index is 10.1. The van der Waals surface area contributed by atoms with Gasteiger partial charge in [-0.25, -0.2) is 4.18 Å². The first-order valence-corrected chi connectivity index (χ1v) is 4.96. The largest absolute Gasteiger partial charge is 0.397 e. The molecule has 0 aromatic carbocycles. The summed E-state index contributed by atoms with van der Waals surface area (Å²) in [5, 5.41) is 1.79. The van der Waals surface area contributed by atoms with E-state index in [1.807, 2.05) is 0 Å². The predicted octanol–water partition coefficient (Wildman–Crippen LogP) is 1.07. The SMILES string of the molecule is O=S(=O)(O)OCc1cccs1. The van der Waals surface area contributed by atoms with E-state index in [1.54, 1.807) is 17.5 Å². The molecule has 0 bridgehead atoms. The highest BCUT2D eigenvalue weighted by Crippen LogP contribution is 2.10. The van der Waals surface area contributed by atoms with Crippen molar-refractivity contribution >= 4 is 21.7 Å². The molecule has 6 heteroatoms. The Kier molecular flexibility index (Phi) is 2.61. The Balaban J connectivity index is 2.48. The molecule has 1 aromatic rings. The fourth-order valence-corrected chi connectivity index (χ4v) is 1.49. The van der Waals surface area contributed by atoms with E-state index in [1.165, 1.54) is 11.3 Å². The fraction of sp³-hybridized carbons (Fsp3) is 0.200. The summed E-state index contributed by atoms with van der Waals surface area (Å²) in [6, 6.07) is 3.49. The van der Waals surface area contributed by atoms with Gasteiger partial charge in [0.2, 0.25) is 0 Å². The lowest BCUT2D eigenvalue weighted by molar-refractivity contribution is 0.262. The second-order valence-electron chi connectivity index (χ2n) is 1.77. The van der Waals surface area contributed by atoms with Crippen molar-refractivity contribution in [3.05, 3.63) is 22.4 Å². The Bertz CT molecular complexity index is 299. The van der Waals surface area contributed by atoms with Gasteiger partial charge < -0.3 is 0 Å². The van der Waals surface area contributed by atoms with E-state index in [0.717, 1.165) is 4.88 Å². The van der Waals surface area contributed by atoms with E-state index < -0.39 is 10.4 Å². The zero-order valence-corrected chi connectivity index (χ0v) is 7.06. The zero-order valence-electron chi connectivity index (χ0n) is 5.43. The normalized spacial score (nSPS) is 11.7. The third-order valence-electron chi connectivity index (χ3n) is 0.930. The average Bonchev–Trinajstić information content (AvgIpc) is 2.32. The third kappa shape index (κ3) is 3.47. The van der Waals surface area contributed by atoms with E-state index in [4.69, 9.17) is 4.55 Å². The molecule has 11 heavy (non-hydrogen) atoms. The first-order valence-electron chi connectivity index (χ1n) is 2.72. The molecule has 1 N–H and O–H groups in total. The highest BCUT2D eigenvalue weighted by Gasteiger charge is 2.04. The molecule has 1 rings (SSSR count). The van der Waals surface area contributed by atoms with Crippen molar-refractivity contribution in [2.45, 2.75) is 6.61 Å². The van der Waals surface area contributed by atoms with Crippen LogP contribution in [0.1, 0.15) is 4.88 Å². The molecule has 4 nitrogen and oxygen atoms in total. The summed E-state index contributed by atoms with van der Waals surface area (Å²) in [5.74, 6) is 0. The van der Waals surface area contributed by atoms with Crippen LogP contribution in [-0.2, 0) is 21.2 Å². The minimum Gasteiger partial charge on any atom is -0.264 e. The standard InChI is InChI=1S/C5H6O4S2/c6-11(7,8)9-4-5-2-1-3-10-5/h1-3H,4H2,(H,6,7,8). The summed E-state index contributed by atoms with van der Waals surface area (Å²) in [5.41, 5.74) is 0. The van der Waals surface area contributed by atoms with Crippen LogP contribution < -0.4 is 0 Å². The van der Waals surface area contributed by atoms with Crippen LogP contribution in [0.2, 0.25) is 0 Å². The van der Waals surface area contributed by atoms with Crippen molar-refractivity contribution < 1.29 is 17.2 Å². The second-order valence-corrected chi connectivity index (χ2v) is 3.89. The van der Waals surface area contributed by atoms with Crippen molar-refractivity contribution in [3.8, 4) is 0 Å². The molecule has 0 aliphatic carbocycles. The maximum atomic E-state index is 10.1. The van der Waals surface area contributed by atoms with Crippen molar-refractivity contribution in [2.75, 3.05) is 0 Å². The van der Waals surface area contributed by atoms with Gasteiger partial charge in [-0.15, -0.1) is 11.3 Å². The van der Waals surface area contributed by atoms with E-state index in [0.29, 0.717) is 0 Å². The van der Waals surface area contributed by atoms with Gasteiger partial charge in [-0.3, -0.25) is 4.55 Å². The van der Waals surface area contributed by atoms with Gasteiger partial charge >= 0.3 is 10.4 Å². The van der Waals surface area contributed by atoms with Crippen molar-refractivity contribution in [2.24, 2.45) is 0 Å². The lowest BCUT2D eigenvalue weighted by Crippen LogP contribution is -2.02. The van der Waals surface area contributed by atoms with Crippen LogP contribution in [0.25, 0.3) is 0 Å². The van der Waals surface area contributed by atoms with Crippen molar-refractivity contribution in [3.63, 3.8) is 0 Å². The highest BCUT2D eigenvalue weighted by atomic mass is 32.3. The van der Waals surface area contributed by atoms with Gasteiger partial charge in [0.1, 0.15) is 6.61 Å². The van der Waals surface area contributed by atoms with E-state index >= 15 is 0 Å². The monoisotopic (exact) mass is 194 g/mol. The first kappa shape index (κ1) is 8.66. The molecule has 0 spiro atoms. The van der Waals surface area contributed by atoms with Crippen LogP contribution in [0, 0.1) is 0 Å². The summed E-state index contributed by atoms with van der Waals surface area (Å²) in [4.78, 5) is 0.752. The van der Waals surface area contributed by atoms with Gasteiger partial charge in [-0.1, -0.05) is 6.07 Å². The van der Waals surface area contributed by atoms with Gasteiger partial charge in [0, 0.05) is 4.88 Å². The predicted molar refractivity (Wildman–Crippen MR) is 40.7 cm³/mol. The summed E-state index contributed by atoms with van der Waals surface area (Å²) in [6.07, 6.45) is 0. The molecule has 0 radical (unpaired) electrons. The molecule has 62 valence electrons. The van der Waals surface area contributed by atoms with Crippen molar-refractivity contribution in [1.29, 1.82) is 0 Å². The lowest BCUT2D eigenvalue weighted by atomic mass is 10.5. The molecule has 0 saturated heterocycles. The van der Waals surface area contributed by atoms with E-state index in [2.05, 4.69) is 4.18 Å². The van der Waals surface area contributed by atoms with Gasteiger partial charge in [-0.05, 0) is 11.4 Å². The highest BCUT2D eigenvalue weighted by molar-refractivity contribution is 7.80. The topological polar surface area (TPSA) is 63.6 Å². The Hall–Kier alpha value is -0.430. The summed E-state index contributed by atoms with van der Waals surface area (Å²) < 4.78 is 32.4. The van der Waals surface area contributed by atoms with Crippen LogP contribution in [0.3, 0.4) is 0 Å². The quantitative estimate of drug-likeness (QED) is 0.731. The molecule has 1 heterocycles. The molecule has 0 fully saturated rings. The van der Waals surface area contributed by atoms with Crippen LogP contribution in [0.5, 0.6) is 0 Å². The Morgan fingerprint density at radius 2 is 2.36 bits per heavy atom. The lowest BCUT2D eigenvalue weighted by Gasteiger charge is -1.94. The summed E-state index contributed by atoms with van der Waals surface area (Å²) in [6.45, 7) is -0.101. The smallest absolute Gasteiger partial charge is 0.264 e. The number of hydrogen-bond acceptors (Lipinski definition) is 4. The molecular formula is C5H6O4S2. The molecule has 0 saturated carbocycles. The molecular weight excluding hydrogens is 188 g/mol. The van der Waals surface area contributed by atoms with Gasteiger partial charge in [0.25, 0.3) is 0 Å². The van der Waals surface area contributed by atoms with E-state index in [9.17, 15) is 8.42 Å². The average molecular weight is 194 g/mol.